The molecule has 19 heteroatoms. The number of carbonyl (C=O) groups is 5. The molecule has 1 atom stereocenters. The summed E-state index contributed by atoms with van der Waals surface area (Å²) in [5.74, 6) is -0.757. The summed E-state index contributed by atoms with van der Waals surface area (Å²) in [6.45, 7) is 6.79. The molecule has 9 rings (SSSR count). The summed E-state index contributed by atoms with van der Waals surface area (Å²) >= 11 is 0. The SMILES string of the molecule is Nc1ncnc2c1c(-c1ccc(Oc3ccccc3)cc1)nn2[C@H]1CC[C@H](N2CCN(CCOCCOCCNC(=O)CNc3cccc4c3C(=O)N(C3CCC(=O)NC3=O)C4=O)CC2)CC1. The number of aromatic nitrogens is 4. The minimum Gasteiger partial charge on any atom is -0.457 e. The number of nitrogens with one attached hydrogen (secondary N) is 3. The van der Waals surface area contributed by atoms with Crippen molar-refractivity contribution in [1.82, 2.24) is 45.1 Å². The summed E-state index contributed by atoms with van der Waals surface area (Å²) in [6.07, 6.45) is 5.81. The van der Waals surface area contributed by atoms with Crippen molar-refractivity contribution >= 4 is 52.1 Å². The van der Waals surface area contributed by atoms with Crippen LogP contribution >= 0.6 is 0 Å². The van der Waals surface area contributed by atoms with Crippen LogP contribution in [0.5, 0.6) is 11.5 Å². The number of piperidine rings is 1. The molecule has 3 aliphatic heterocycles. The van der Waals surface area contributed by atoms with E-state index in [2.05, 4.69) is 40.4 Å². The summed E-state index contributed by atoms with van der Waals surface area (Å²) in [7, 11) is 0. The molecule has 3 fully saturated rings. The summed E-state index contributed by atoms with van der Waals surface area (Å²) < 4.78 is 19.6. The molecule has 1 saturated carbocycles. The number of nitrogen functional groups attached to an aromatic ring is 1. The minimum absolute atomic E-state index is 0.0308. The third kappa shape index (κ3) is 10.3. The summed E-state index contributed by atoms with van der Waals surface area (Å²) in [5.41, 5.74) is 9.46. The third-order valence-corrected chi connectivity index (χ3v) is 13.0. The van der Waals surface area contributed by atoms with Crippen molar-refractivity contribution < 1.29 is 38.2 Å². The first-order valence-electron chi connectivity index (χ1n) is 23.0. The molecule has 5 heterocycles. The van der Waals surface area contributed by atoms with E-state index in [1.807, 2.05) is 54.6 Å². The number of fused-ring (bicyclic) bond motifs is 2. The van der Waals surface area contributed by atoms with Gasteiger partial charge in [0, 0.05) is 63.0 Å². The number of anilines is 2. The lowest BCUT2D eigenvalue weighted by Crippen LogP contribution is -2.54. The average Bonchev–Trinajstić information content (AvgIpc) is 3.86. The van der Waals surface area contributed by atoms with Gasteiger partial charge < -0.3 is 30.6 Å². The Kier molecular flexibility index (Phi) is 14.1. The van der Waals surface area contributed by atoms with E-state index in [-0.39, 0.29) is 49.0 Å². The molecule has 0 spiro atoms. The van der Waals surface area contributed by atoms with Crippen LogP contribution in [0.1, 0.15) is 65.3 Å². The zero-order valence-corrected chi connectivity index (χ0v) is 37.2. The van der Waals surface area contributed by atoms with Crippen molar-refractivity contribution in [3.05, 3.63) is 90.3 Å². The van der Waals surface area contributed by atoms with Gasteiger partial charge >= 0.3 is 0 Å². The maximum atomic E-state index is 13.3. The van der Waals surface area contributed by atoms with Crippen LogP contribution in [0.3, 0.4) is 0 Å². The van der Waals surface area contributed by atoms with Crippen LogP contribution in [0, 0.1) is 0 Å². The van der Waals surface area contributed by atoms with Gasteiger partial charge in [-0.05, 0) is 80.6 Å². The van der Waals surface area contributed by atoms with Crippen molar-refractivity contribution in [3.63, 3.8) is 0 Å². The number of carbonyl (C=O) groups excluding carboxylic acids is 5. The molecule has 5 aromatic rings. The second kappa shape index (κ2) is 20.8. The van der Waals surface area contributed by atoms with E-state index < -0.39 is 29.7 Å². The van der Waals surface area contributed by atoms with Gasteiger partial charge in [0.25, 0.3) is 11.8 Å². The number of hydrogen-bond acceptors (Lipinski definition) is 15. The molecule has 4 aliphatic rings. The lowest BCUT2D eigenvalue weighted by Gasteiger charge is -2.42. The fraction of sp³-hybridized carbons (Fsp3) is 0.417. The topological polar surface area (TPSA) is 228 Å². The van der Waals surface area contributed by atoms with Gasteiger partial charge in [-0.15, -0.1) is 0 Å². The van der Waals surface area contributed by atoms with Gasteiger partial charge in [0.05, 0.1) is 55.5 Å². The molecule has 0 bridgehead atoms. The quantitative estimate of drug-likeness (QED) is 0.0727. The van der Waals surface area contributed by atoms with Crippen molar-refractivity contribution in [1.29, 1.82) is 0 Å². The lowest BCUT2D eigenvalue weighted by molar-refractivity contribution is -0.136. The zero-order valence-electron chi connectivity index (χ0n) is 37.2. The lowest BCUT2D eigenvalue weighted by atomic mass is 9.90. The Balaban J connectivity index is 0.639. The molecular formula is C48H55N11O8. The molecule has 67 heavy (non-hydrogen) atoms. The van der Waals surface area contributed by atoms with Crippen LogP contribution in [0.4, 0.5) is 11.5 Å². The Morgan fingerprint density at radius 3 is 2.27 bits per heavy atom. The van der Waals surface area contributed by atoms with Gasteiger partial charge in [-0.25, -0.2) is 14.6 Å². The normalized spacial score (nSPS) is 20.2. The molecule has 1 aliphatic carbocycles. The molecule has 350 valence electrons. The highest BCUT2D eigenvalue weighted by Gasteiger charge is 2.45. The molecule has 5 N–H and O–H groups in total. The van der Waals surface area contributed by atoms with Gasteiger partial charge in [-0.1, -0.05) is 24.3 Å². The molecule has 3 aromatic carbocycles. The van der Waals surface area contributed by atoms with E-state index in [0.717, 1.165) is 97.1 Å². The van der Waals surface area contributed by atoms with Crippen LogP contribution in [-0.2, 0) is 23.9 Å². The maximum absolute atomic E-state index is 13.3. The highest BCUT2D eigenvalue weighted by atomic mass is 16.5. The van der Waals surface area contributed by atoms with Crippen LogP contribution < -0.4 is 26.4 Å². The third-order valence-electron chi connectivity index (χ3n) is 13.0. The molecular weight excluding hydrogens is 859 g/mol. The smallest absolute Gasteiger partial charge is 0.264 e. The van der Waals surface area contributed by atoms with E-state index in [4.69, 9.17) is 25.0 Å². The summed E-state index contributed by atoms with van der Waals surface area (Å²) in [5, 5.41) is 13.8. The Labute approximate surface area is 387 Å². The number of para-hydroxylation sites is 1. The molecule has 2 aromatic heterocycles. The number of nitrogens with two attached hydrogens (primary N) is 1. The van der Waals surface area contributed by atoms with E-state index in [0.29, 0.717) is 44.0 Å². The van der Waals surface area contributed by atoms with Crippen LogP contribution in [0.15, 0.2) is 79.1 Å². The predicted octanol–water partition coefficient (Wildman–Crippen LogP) is 3.63. The fourth-order valence-corrected chi connectivity index (χ4v) is 9.46. The fourth-order valence-electron chi connectivity index (χ4n) is 9.46. The molecule has 2 saturated heterocycles. The van der Waals surface area contributed by atoms with Gasteiger partial charge in [-0.2, -0.15) is 5.10 Å². The maximum Gasteiger partial charge on any atom is 0.264 e. The average molecular weight is 914 g/mol. The van der Waals surface area contributed by atoms with Gasteiger partial charge in [0.2, 0.25) is 17.7 Å². The predicted molar refractivity (Wildman–Crippen MR) is 247 cm³/mol. The monoisotopic (exact) mass is 913 g/mol. The molecule has 5 amide bonds. The second-order valence-electron chi connectivity index (χ2n) is 17.1. The Bertz CT molecular complexity index is 2590. The highest BCUT2D eigenvalue weighted by molar-refractivity contribution is 6.25. The Morgan fingerprint density at radius 2 is 1.51 bits per heavy atom. The number of ether oxygens (including phenoxy) is 3. The molecule has 0 radical (unpaired) electrons. The van der Waals surface area contributed by atoms with Crippen LogP contribution in [-0.4, -0.2) is 148 Å². The summed E-state index contributed by atoms with van der Waals surface area (Å²) in [4.78, 5) is 77.8. The van der Waals surface area contributed by atoms with Gasteiger partial charge in [0.15, 0.2) is 5.65 Å². The molecule has 19 nitrogen and oxygen atoms in total. The summed E-state index contributed by atoms with van der Waals surface area (Å²) in [6, 6.07) is 22.0. The van der Waals surface area contributed by atoms with Crippen LogP contribution in [0.25, 0.3) is 22.3 Å². The van der Waals surface area contributed by atoms with Crippen molar-refractivity contribution in [2.75, 3.05) is 83.3 Å². The van der Waals surface area contributed by atoms with E-state index >= 15 is 0 Å². The van der Waals surface area contributed by atoms with Gasteiger partial charge in [0.1, 0.15) is 35.4 Å². The largest absolute Gasteiger partial charge is 0.457 e. The number of amides is 5. The second-order valence-corrected chi connectivity index (χ2v) is 17.1. The standard InChI is InChI=1S/C48H55N11O8/c49-44-42-43(31-9-15-35(16-10-31)67-34-5-2-1-3-6-34)55-59(45(42)53-30-52-44)33-13-11-32(12-14-33)57-22-20-56(21-23-57)24-26-66-28-27-65-25-19-50-40(61)29-51-37-8-4-7-36-41(37)48(64)58(47(36)63)38-17-18-39(60)54-46(38)62/h1-10,15-16,30,32-33,38,51H,11-14,17-29H2,(H,50,61)(H2,49,52,53)(H,54,60,62)/t32-,33-,38?. The van der Waals surface area contributed by atoms with E-state index in [1.165, 1.54) is 12.4 Å². The number of rotatable bonds is 18. The number of piperazine rings is 1. The van der Waals surface area contributed by atoms with Crippen molar-refractivity contribution in [2.45, 2.75) is 56.7 Å². The van der Waals surface area contributed by atoms with E-state index in [1.54, 1.807) is 12.1 Å². The van der Waals surface area contributed by atoms with Crippen LogP contribution in [0.2, 0.25) is 0 Å². The Morgan fingerprint density at radius 1 is 0.776 bits per heavy atom. The molecule has 1 unspecified atom stereocenters. The number of benzene rings is 3. The van der Waals surface area contributed by atoms with Crippen molar-refractivity contribution in [3.8, 4) is 22.8 Å². The number of nitrogens with zero attached hydrogens (tertiary/aromatic N) is 7. The minimum atomic E-state index is -1.07. The van der Waals surface area contributed by atoms with Crippen molar-refractivity contribution in [2.24, 2.45) is 0 Å². The highest BCUT2D eigenvalue weighted by Crippen LogP contribution is 2.38. The van der Waals surface area contributed by atoms with E-state index in [9.17, 15) is 24.0 Å². The van der Waals surface area contributed by atoms with Gasteiger partial charge in [-0.3, -0.25) is 44.0 Å². The first kappa shape index (κ1) is 45.4. The zero-order chi connectivity index (χ0) is 46.3. The number of imide groups is 2. The first-order valence-corrected chi connectivity index (χ1v) is 23.0. The Hall–Kier alpha value is -6.80. The first-order chi connectivity index (χ1) is 32.7. The number of hydrogen-bond donors (Lipinski definition) is 4.